The molecule has 6 heteroatoms. The quantitative estimate of drug-likeness (QED) is 0.0261. The van der Waals surface area contributed by atoms with Gasteiger partial charge in [0.25, 0.3) is 0 Å². The Labute approximate surface area is 472 Å². The molecule has 0 aliphatic carbocycles. The van der Waals surface area contributed by atoms with Crippen molar-refractivity contribution in [2.45, 2.75) is 354 Å². The molecule has 1 unspecified atom stereocenters. The summed E-state index contributed by atoms with van der Waals surface area (Å²) in [6.07, 6.45) is 82.6. The number of hydrogen-bond acceptors (Lipinski definition) is 6. The molecule has 0 radical (unpaired) electrons. The van der Waals surface area contributed by atoms with Gasteiger partial charge in [-0.25, -0.2) is 0 Å². The second-order valence-electron chi connectivity index (χ2n) is 22.4. The number of hydrogen-bond donors (Lipinski definition) is 0. The third-order valence-corrected chi connectivity index (χ3v) is 14.7. The maximum Gasteiger partial charge on any atom is 0.306 e. The average molecular weight is 1060 g/mol. The Morgan fingerprint density at radius 3 is 0.855 bits per heavy atom. The molecule has 0 heterocycles. The van der Waals surface area contributed by atoms with Crippen LogP contribution in [0.25, 0.3) is 0 Å². The predicted molar refractivity (Wildman–Crippen MR) is 330 cm³/mol. The average Bonchev–Trinajstić information content (AvgIpc) is 3.42. The van der Waals surface area contributed by atoms with E-state index in [0.29, 0.717) is 19.3 Å². The number of carbonyl (C=O) groups excluding carboxylic acids is 3. The van der Waals surface area contributed by atoms with Crippen LogP contribution in [0.5, 0.6) is 0 Å². The van der Waals surface area contributed by atoms with E-state index in [1.54, 1.807) is 0 Å². The predicted octanol–water partition coefficient (Wildman–Crippen LogP) is 22.7. The molecule has 0 rings (SSSR count). The third kappa shape index (κ3) is 62.0. The molecule has 0 aliphatic rings. The van der Waals surface area contributed by atoms with E-state index in [0.717, 1.165) is 122 Å². The van der Waals surface area contributed by atoms with E-state index in [1.807, 2.05) is 0 Å². The molecule has 442 valence electrons. The summed E-state index contributed by atoms with van der Waals surface area (Å²) >= 11 is 0. The Balaban J connectivity index is 4.15. The number of esters is 3. The molecular formula is C70H126O6. The molecule has 0 saturated heterocycles. The second-order valence-corrected chi connectivity index (χ2v) is 22.4. The van der Waals surface area contributed by atoms with Gasteiger partial charge in [0.15, 0.2) is 6.10 Å². The van der Waals surface area contributed by atoms with Crippen LogP contribution in [0.4, 0.5) is 0 Å². The fourth-order valence-corrected chi connectivity index (χ4v) is 9.79. The van der Waals surface area contributed by atoms with Crippen molar-refractivity contribution in [3.63, 3.8) is 0 Å². The van der Waals surface area contributed by atoms with Gasteiger partial charge in [-0.05, 0) is 77.0 Å². The molecule has 0 saturated carbocycles. The highest BCUT2D eigenvalue weighted by atomic mass is 16.6. The highest BCUT2D eigenvalue weighted by Crippen LogP contribution is 2.18. The van der Waals surface area contributed by atoms with Gasteiger partial charge in [-0.15, -0.1) is 0 Å². The Hall–Kier alpha value is -2.89. The van der Waals surface area contributed by atoms with Crippen LogP contribution in [0.1, 0.15) is 348 Å². The van der Waals surface area contributed by atoms with Gasteiger partial charge in [-0.2, -0.15) is 0 Å². The van der Waals surface area contributed by atoms with Crippen LogP contribution in [0.2, 0.25) is 0 Å². The molecule has 0 N–H and O–H groups in total. The van der Waals surface area contributed by atoms with Crippen LogP contribution in [-0.4, -0.2) is 37.2 Å². The van der Waals surface area contributed by atoms with Crippen molar-refractivity contribution < 1.29 is 28.6 Å². The molecule has 0 aromatic carbocycles. The van der Waals surface area contributed by atoms with Crippen LogP contribution in [0.15, 0.2) is 60.8 Å². The molecule has 6 nitrogen and oxygen atoms in total. The lowest BCUT2D eigenvalue weighted by Crippen LogP contribution is -2.30. The standard InChI is InChI=1S/C70H126O6/c1-4-7-10-13-16-19-22-25-27-28-29-30-31-32-33-34-35-36-37-38-39-40-41-43-45-48-51-54-57-60-63-69(72)75-66-67(65-74-68(71)62-59-56-53-50-47-44-24-21-18-15-12-9-6-3)76-70(73)64-61-58-55-52-49-46-42-26-23-20-17-14-11-8-5-2/h8,11-12,15,17,20-21,24,26,42,67H,4-7,9-10,13-14,16,18-19,22-23,25,27-41,43-66H2,1-3H3/b11-8-,15-12-,20-17-,24-21-,42-26-. The molecule has 0 aromatic heterocycles. The first kappa shape index (κ1) is 73.1. The fraction of sp³-hybridized carbons (Fsp3) is 0.814. The van der Waals surface area contributed by atoms with E-state index in [-0.39, 0.29) is 31.1 Å². The Morgan fingerprint density at radius 2 is 0.539 bits per heavy atom. The first-order chi connectivity index (χ1) is 37.5. The lowest BCUT2D eigenvalue weighted by molar-refractivity contribution is -0.167. The molecule has 0 amide bonds. The largest absolute Gasteiger partial charge is 0.462 e. The van der Waals surface area contributed by atoms with Crippen molar-refractivity contribution in [2.24, 2.45) is 0 Å². The topological polar surface area (TPSA) is 78.9 Å². The number of ether oxygens (including phenoxy) is 3. The van der Waals surface area contributed by atoms with Crippen molar-refractivity contribution in [1.82, 2.24) is 0 Å². The Kier molecular flexibility index (Phi) is 62.2. The van der Waals surface area contributed by atoms with Crippen molar-refractivity contribution in [2.75, 3.05) is 13.2 Å². The van der Waals surface area contributed by atoms with Crippen LogP contribution in [0.3, 0.4) is 0 Å². The number of rotatable bonds is 61. The zero-order valence-electron chi connectivity index (χ0n) is 50.8. The minimum atomic E-state index is -0.788. The molecule has 0 spiro atoms. The highest BCUT2D eigenvalue weighted by molar-refractivity contribution is 5.71. The molecule has 76 heavy (non-hydrogen) atoms. The monoisotopic (exact) mass is 1060 g/mol. The van der Waals surface area contributed by atoms with Crippen molar-refractivity contribution in [1.29, 1.82) is 0 Å². The number of unbranched alkanes of at least 4 members (excludes halogenated alkanes) is 40. The van der Waals surface area contributed by atoms with Gasteiger partial charge in [0.05, 0.1) is 0 Å². The van der Waals surface area contributed by atoms with Gasteiger partial charge >= 0.3 is 17.9 Å². The Morgan fingerprint density at radius 1 is 0.276 bits per heavy atom. The maximum absolute atomic E-state index is 12.9. The van der Waals surface area contributed by atoms with Gasteiger partial charge in [-0.3, -0.25) is 14.4 Å². The van der Waals surface area contributed by atoms with Gasteiger partial charge in [-0.1, -0.05) is 313 Å². The van der Waals surface area contributed by atoms with Crippen molar-refractivity contribution in [3.8, 4) is 0 Å². The summed E-state index contributed by atoms with van der Waals surface area (Å²) in [5.74, 6) is -0.899. The normalized spacial score (nSPS) is 12.4. The SMILES string of the molecule is CC/C=C\C/C=C\C/C=C\CCCCCCCC(=O)OC(COC(=O)CCCCCCC/C=C\C/C=C\CCC)COC(=O)CCCCCCCCCCCCCCCCCCCCCCCCCCCCCCCC. The van der Waals surface area contributed by atoms with Crippen molar-refractivity contribution in [3.05, 3.63) is 60.8 Å². The number of allylic oxidation sites excluding steroid dienone is 10. The third-order valence-electron chi connectivity index (χ3n) is 14.7. The molecule has 1 atom stereocenters. The Bertz CT molecular complexity index is 1360. The smallest absolute Gasteiger partial charge is 0.306 e. The summed E-state index contributed by atoms with van der Waals surface area (Å²) in [4.78, 5) is 38.2. The van der Waals surface area contributed by atoms with Crippen LogP contribution < -0.4 is 0 Å². The molecule has 0 aliphatic heterocycles. The molecule has 0 bridgehead atoms. The summed E-state index contributed by atoms with van der Waals surface area (Å²) in [5.41, 5.74) is 0. The van der Waals surface area contributed by atoms with Crippen LogP contribution >= 0.6 is 0 Å². The van der Waals surface area contributed by atoms with Gasteiger partial charge < -0.3 is 14.2 Å². The lowest BCUT2D eigenvalue weighted by Gasteiger charge is -2.18. The zero-order chi connectivity index (χ0) is 55.0. The van der Waals surface area contributed by atoms with Gasteiger partial charge in [0, 0.05) is 19.3 Å². The molecule has 0 fully saturated rings. The fourth-order valence-electron chi connectivity index (χ4n) is 9.79. The first-order valence-corrected chi connectivity index (χ1v) is 33.3. The minimum Gasteiger partial charge on any atom is -0.462 e. The van der Waals surface area contributed by atoms with Crippen LogP contribution in [0, 0.1) is 0 Å². The van der Waals surface area contributed by atoms with E-state index >= 15 is 0 Å². The van der Waals surface area contributed by atoms with E-state index in [9.17, 15) is 14.4 Å². The maximum atomic E-state index is 12.9. The number of carbonyl (C=O) groups is 3. The van der Waals surface area contributed by atoms with E-state index in [2.05, 4.69) is 81.5 Å². The highest BCUT2D eigenvalue weighted by Gasteiger charge is 2.19. The summed E-state index contributed by atoms with van der Waals surface area (Å²) in [7, 11) is 0. The van der Waals surface area contributed by atoms with Crippen LogP contribution in [-0.2, 0) is 28.6 Å². The minimum absolute atomic E-state index is 0.0832. The summed E-state index contributed by atoms with van der Waals surface area (Å²) < 4.78 is 16.9. The summed E-state index contributed by atoms with van der Waals surface area (Å²) in [5, 5.41) is 0. The van der Waals surface area contributed by atoms with E-state index in [1.165, 1.54) is 186 Å². The lowest BCUT2D eigenvalue weighted by atomic mass is 10.0. The second kappa shape index (κ2) is 64.6. The van der Waals surface area contributed by atoms with Gasteiger partial charge in [0.1, 0.15) is 13.2 Å². The van der Waals surface area contributed by atoms with E-state index < -0.39 is 6.10 Å². The first-order valence-electron chi connectivity index (χ1n) is 33.3. The molecule has 0 aromatic rings. The summed E-state index contributed by atoms with van der Waals surface area (Å²) in [6, 6.07) is 0. The zero-order valence-corrected chi connectivity index (χ0v) is 50.8. The molecular weight excluding hydrogens is 937 g/mol. The van der Waals surface area contributed by atoms with Crippen molar-refractivity contribution >= 4 is 17.9 Å². The van der Waals surface area contributed by atoms with E-state index in [4.69, 9.17) is 14.2 Å². The van der Waals surface area contributed by atoms with Gasteiger partial charge in [0.2, 0.25) is 0 Å². The summed E-state index contributed by atoms with van der Waals surface area (Å²) in [6.45, 7) is 6.48.